The molecular formula is C24H18Cl2F9NO2S. The van der Waals surface area contributed by atoms with Crippen LogP contribution in [0.1, 0.15) is 50.2 Å². The van der Waals surface area contributed by atoms with Gasteiger partial charge in [0.05, 0.1) is 32.8 Å². The Labute approximate surface area is 230 Å². The number of rotatable bonds is 9. The van der Waals surface area contributed by atoms with Crippen molar-refractivity contribution in [1.82, 2.24) is 5.32 Å². The average Bonchev–Trinajstić information content (AvgIpc) is 2.78. The maximum Gasteiger partial charge on any atom is 0.417 e. The van der Waals surface area contributed by atoms with Gasteiger partial charge in [-0.2, -0.15) is 51.3 Å². The molecule has 2 atom stereocenters. The van der Waals surface area contributed by atoms with Gasteiger partial charge in [0, 0.05) is 17.4 Å². The first-order valence-corrected chi connectivity index (χ1v) is 12.6. The molecule has 0 aliphatic carbocycles. The van der Waals surface area contributed by atoms with Crippen molar-refractivity contribution < 1.29 is 49.1 Å². The predicted octanol–water partition coefficient (Wildman–Crippen LogP) is 8.60. The third kappa shape index (κ3) is 9.64. The molecule has 0 aromatic heterocycles. The fraction of sp³-hybridized carbons (Fsp3) is 0.333. The molecule has 0 aliphatic rings. The zero-order valence-electron chi connectivity index (χ0n) is 19.6. The van der Waals surface area contributed by atoms with Crippen LogP contribution in [0.4, 0.5) is 39.5 Å². The Morgan fingerprint density at radius 2 is 1.67 bits per heavy atom. The number of alkyl halides is 9. The van der Waals surface area contributed by atoms with Crippen LogP contribution < -0.4 is 5.32 Å². The SMILES string of the molecule is CC(CSCC(F)(F)F)NC(=O)c1ccc(/C=C/C(c2cc(Cl)c(Cl)c(C=O)c2)C(F)(F)F)cc1C(F)(F)F. The highest BCUT2D eigenvalue weighted by Crippen LogP contribution is 2.40. The number of thioether (sulfide) groups is 1. The zero-order valence-corrected chi connectivity index (χ0v) is 21.9. The molecule has 0 radical (unpaired) electrons. The van der Waals surface area contributed by atoms with Gasteiger partial charge in [0.15, 0.2) is 6.29 Å². The van der Waals surface area contributed by atoms with Gasteiger partial charge in [0.2, 0.25) is 0 Å². The fourth-order valence-electron chi connectivity index (χ4n) is 3.31. The van der Waals surface area contributed by atoms with Crippen molar-refractivity contribution in [1.29, 1.82) is 0 Å². The van der Waals surface area contributed by atoms with Crippen LogP contribution in [0.2, 0.25) is 10.0 Å². The molecule has 0 spiro atoms. The van der Waals surface area contributed by atoms with Crippen molar-refractivity contribution in [3.63, 3.8) is 0 Å². The Morgan fingerprint density at radius 3 is 2.21 bits per heavy atom. The highest BCUT2D eigenvalue weighted by Gasteiger charge is 2.40. The van der Waals surface area contributed by atoms with Crippen LogP contribution in [0.3, 0.4) is 0 Å². The summed E-state index contributed by atoms with van der Waals surface area (Å²) in [6.07, 6.45) is -13.0. The molecule has 0 aliphatic heterocycles. The topological polar surface area (TPSA) is 46.2 Å². The molecule has 214 valence electrons. The number of carbonyl (C=O) groups excluding carboxylic acids is 2. The minimum atomic E-state index is -5.09. The lowest BCUT2D eigenvalue weighted by atomic mass is 9.95. The molecule has 3 nitrogen and oxygen atoms in total. The summed E-state index contributed by atoms with van der Waals surface area (Å²) in [5.41, 5.74) is -3.46. The molecule has 1 amide bonds. The summed E-state index contributed by atoms with van der Waals surface area (Å²) in [5.74, 6) is -5.03. The van der Waals surface area contributed by atoms with E-state index < -0.39 is 58.8 Å². The Hall–Kier alpha value is -2.38. The van der Waals surface area contributed by atoms with Crippen LogP contribution in [0, 0.1) is 0 Å². The van der Waals surface area contributed by atoms with E-state index in [1.54, 1.807) is 0 Å². The van der Waals surface area contributed by atoms with Gasteiger partial charge in [-0.3, -0.25) is 9.59 Å². The Bertz CT molecular complexity index is 1230. The summed E-state index contributed by atoms with van der Waals surface area (Å²) in [7, 11) is 0. The van der Waals surface area contributed by atoms with Gasteiger partial charge in [-0.15, -0.1) is 0 Å². The summed E-state index contributed by atoms with van der Waals surface area (Å²) in [6.45, 7) is 1.31. The number of aldehydes is 1. The Balaban J connectivity index is 2.36. The number of benzene rings is 2. The summed E-state index contributed by atoms with van der Waals surface area (Å²) in [5, 5.41) is 1.58. The average molecular weight is 626 g/mol. The lowest BCUT2D eigenvalue weighted by Crippen LogP contribution is -2.35. The molecule has 39 heavy (non-hydrogen) atoms. The van der Waals surface area contributed by atoms with E-state index in [1.165, 1.54) is 6.92 Å². The number of hydrogen-bond donors (Lipinski definition) is 1. The van der Waals surface area contributed by atoms with E-state index in [1.807, 2.05) is 0 Å². The lowest BCUT2D eigenvalue weighted by Gasteiger charge is -2.19. The van der Waals surface area contributed by atoms with Crippen molar-refractivity contribution >= 4 is 53.2 Å². The molecule has 0 saturated heterocycles. The standard InChI is InChI=1S/C24H18Cl2F9NO2S/c1-12(10-39-11-22(27,28)29)36-21(38)16-4-2-13(6-18(16)24(33,34)35)3-5-17(23(30,31)32)14-7-15(9-37)20(26)19(25)8-14/h2-9,12,17H,10-11H2,1H3,(H,36,38)/b5-3+. The van der Waals surface area contributed by atoms with Crippen molar-refractivity contribution in [3.05, 3.63) is 74.3 Å². The zero-order chi connectivity index (χ0) is 29.8. The Morgan fingerprint density at radius 1 is 1.03 bits per heavy atom. The molecule has 15 heteroatoms. The number of nitrogens with one attached hydrogen (secondary N) is 1. The highest BCUT2D eigenvalue weighted by atomic mass is 35.5. The van der Waals surface area contributed by atoms with E-state index in [9.17, 15) is 49.1 Å². The maximum absolute atomic E-state index is 13.8. The van der Waals surface area contributed by atoms with Gasteiger partial charge in [-0.1, -0.05) is 41.4 Å². The first kappa shape index (κ1) is 32.8. The van der Waals surface area contributed by atoms with Crippen molar-refractivity contribution in [2.45, 2.75) is 37.4 Å². The minimum Gasteiger partial charge on any atom is -0.349 e. The second kappa shape index (κ2) is 12.9. The second-order valence-corrected chi connectivity index (χ2v) is 10.0. The Kier molecular flexibility index (Phi) is 10.8. The molecule has 2 rings (SSSR count). The van der Waals surface area contributed by atoms with E-state index >= 15 is 0 Å². The molecule has 2 unspecified atom stereocenters. The largest absolute Gasteiger partial charge is 0.417 e. The number of carbonyl (C=O) groups is 2. The van der Waals surface area contributed by atoms with Gasteiger partial charge in [0.25, 0.3) is 5.91 Å². The summed E-state index contributed by atoms with van der Waals surface area (Å²) in [6, 6.07) is 3.01. The lowest BCUT2D eigenvalue weighted by molar-refractivity contribution is -0.139. The quantitative estimate of drug-likeness (QED) is 0.224. The van der Waals surface area contributed by atoms with Crippen LogP contribution in [-0.4, -0.2) is 42.1 Å². The molecule has 0 heterocycles. The minimum absolute atomic E-state index is 0.199. The van der Waals surface area contributed by atoms with Gasteiger partial charge in [-0.25, -0.2) is 0 Å². The van der Waals surface area contributed by atoms with Crippen LogP contribution in [0.15, 0.2) is 36.4 Å². The summed E-state index contributed by atoms with van der Waals surface area (Å²) < 4.78 is 119. The monoisotopic (exact) mass is 625 g/mol. The molecule has 0 bridgehead atoms. The third-order valence-corrected chi connectivity index (χ3v) is 7.09. The molecule has 1 N–H and O–H groups in total. The second-order valence-electron chi connectivity index (χ2n) is 8.21. The predicted molar refractivity (Wildman–Crippen MR) is 131 cm³/mol. The van der Waals surface area contributed by atoms with E-state index in [0.717, 1.165) is 30.3 Å². The van der Waals surface area contributed by atoms with Gasteiger partial charge >= 0.3 is 18.5 Å². The molecule has 0 saturated carbocycles. The first-order chi connectivity index (χ1) is 17.8. The number of allylic oxidation sites excluding steroid dienone is 1. The summed E-state index contributed by atoms with van der Waals surface area (Å²) >= 11 is 12.0. The fourth-order valence-corrected chi connectivity index (χ4v) is 4.48. The smallest absolute Gasteiger partial charge is 0.349 e. The van der Waals surface area contributed by atoms with E-state index in [4.69, 9.17) is 23.2 Å². The molecule has 2 aromatic carbocycles. The number of hydrogen-bond acceptors (Lipinski definition) is 3. The van der Waals surface area contributed by atoms with Gasteiger partial charge in [-0.05, 0) is 42.3 Å². The van der Waals surface area contributed by atoms with Crippen molar-refractivity contribution in [2.75, 3.05) is 11.5 Å². The van der Waals surface area contributed by atoms with E-state index in [0.29, 0.717) is 23.9 Å². The number of halogens is 11. The maximum atomic E-state index is 13.8. The van der Waals surface area contributed by atoms with Crippen molar-refractivity contribution in [3.8, 4) is 0 Å². The van der Waals surface area contributed by atoms with E-state index in [-0.39, 0.29) is 33.2 Å². The molecule has 0 fully saturated rings. The molecular weight excluding hydrogens is 608 g/mol. The van der Waals surface area contributed by atoms with Crippen LogP contribution >= 0.6 is 35.0 Å². The normalized spacial score (nSPS) is 14.4. The third-order valence-electron chi connectivity index (χ3n) is 5.00. The van der Waals surface area contributed by atoms with Gasteiger partial charge in [0.1, 0.15) is 0 Å². The van der Waals surface area contributed by atoms with E-state index in [2.05, 4.69) is 5.32 Å². The molecule has 2 aromatic rings. The van der Waals surface area contributed by atoms with Crippen LogP contribution in [-0.2, 0) is 6.18 Å². The van der Waals surface area contributed by atoms with Crippen LogP contribution in [0.5, 0.6) is 0 Å². The summed E-state index contributed by atoms with van der Waals surface area (Å²) in [4.78, 5) is 23.6. The van der Waals surface area contributed by atoms with Gasteiger partial charge < -0.3 is 5.32 Å². The van der Waals surface area contributed by atoms with Crippen molar-refractivity contribution in [2.24, 2.45) is 0 Å². The first-order valence-electron chi connectivity index (χ1n) is 10.7. The number of amides is 1. The van der Waals surface area contributed by atoms with Crippen LogP contribution in [0.25, 0.3) is 6.08 Å². The highest BCUT2D eigenvalue weighted by molar-refractivity contribution is 7.99.